The van der Waals surface area contributed by atoms with Gasteiger partial charge in [0.15, 0.2) is 0 Å². The number of nitrogens with one attached hydrogen (secondary N) is 1. The van der Waals surface area contributed by atoms with Crippen molar-refractivity contribution in [3.8, 4) is 0 Å². The molecule has 7 nitrogen and oxygen atoms in total. The number of nitrogens with zero attached hydrogens (tertiary/aromatic N) is 2. The summed E-state index contributed by atoms with van der Waals surface area (Å²) in [7, 11) is 0. The van der Waals surface area contributed by atoms with Gasteiger partial charge in [0.25, 0.3) is 11.8 Å². The first-order chi connectivity index (χ1) is 15.6. The van der Waals surface area contributed by atoms with Gasteiger partial charge in [0, 0.05) is 31.9 Å². The highest BCUT2D eigenvalue weighted by Gasteiger charge is 2.41. The smallest absolute Gasteiger partial charge is 0.256 e. The Hall–Kier alpha value is -3.19. The van der Waals surface area contributed by atoms with Crippen molar-refractivity contribution in [2.75, 3.05) is 31.2 Å². The molecular formula is C25H29N3O4. The summed E-state index contributed by atoms with van der Waals surface area (Å²) in [6.07, 6.45) is 2.26. The lowest BCUT2D eigenvalue weighted by Gasteiger charge is -2.26. The topological polar surface area (TPSA) is 79.0 Å². The summed E-state index contributed by atoms with van der Waals surface area (Å²) >= 11 is 0. The summed E-state index contributed by atoms with van der Waals surface area (Å²) in [6.45, 7) is 4.68. The molecule has 2 aromatic rings. The lowest BCUT2D eigenvalue weighted by atomic mass is 10.1. The Labute approximate surface area is 188 Å². The third kappa shape index (κ3) is 4.53. The zero-order chi connectivity index (χ0) is 22.5. The summed E-state index contributed by atoms with van der Waals surface area (Å²) in [5.41, 5.74) is 2.57. The second kappa shape index (κ2) is 9.96. The predicted molar refractivity (Wildman–Crippen MR) is 122 cm³/mol. The standard InChI is InChI=1S/C25H29N3O4/c1-2-32-15-7-13-26-23(29)19-9-5-8-18(16-19)17-28-21-11-4-3-10-20(21)24(30)27-14-6-12-22(27)25(28)31/h3-5,8-11,16,22H,2,6-7,12-15,17H2,1H3,(H,26,29). The van der Waals surface area contributed by atoms with Crippen LogP contribution in [0.25, 0.3) is 0 Å². The summed E-state index contributed by atoms with van der Waals surface area (Å²) in [6, 6.07) is 14.2. The lowest BCUT2D eigenvalue weighted by molar-refractivity contribution is -0.122. The van der Waals surface area contributed by atoms with E-state index in [0.29, 0.717) is 56.1 Å². The summed E-state index contributed by atoms with van der Waals surface area (Å²) in [5.74, 6) is -0.297. The van der Waals surface area contributed by atoms with Crippen molar-refractivity contribution in [2.45, 2.75) is 38.8 Å². The molecule has 7 heteroatoms. The molecule has 2 aromatic carbocycles. The Morgan fingerprint density at radius 2 is 2.00 bits per heavy atom. The first kappa shape index (κ1) is 22.0. The van der Waals surface area contributed by atoms with Crippen molar-refractivity contribution in [2.24, 2.45) is 0 Å². The molecule has 4 rings (SSSR count). The zero-order valence-corrected chi connectivity index (χ0v) is 18.4. The molecule has 2 heterocycles. The van der Waals surface area contributed by atoms with Crippen LogP contribution in [0.15, 0.2) is 48.5 Å². The van der Waals surface area contributed by atoms with Crippen LogP contribution in [0.5, 0.6) is 0 Å². The summed E-state index contributed by atoms with van der Waals surface area (Å²) in [5, 5.41) is 2.91. The molecule has 2 aliphatic rings. The molecule has 168 valence electrons. The van der Waals surface area contributed by atoms with Gasteiger partial charge >= 0.3 is 0 Å². The fourth-order valence-corrected chi connectivity index (χ4v) is 4.39. The highest BCUT2D eigenvalue weighted by molar-refractivity contribution is 6.11. The van der Waals surface area contributed by atoms with Gasteiger partial charge in [-0.3, -0.25) is 14.4 Å². The average Bonchev–Trinajstić information content (AvgIpc) is 3.29. The number of rotatable bonds is 8. The van der Waals surface area contributed by atoms with Crippen LogP contribution in [-0.2, 0) is 16.1 Å². The normalized spacial score (nSPS) is 17.7. The van der Waals surface area contributed by atoms with Gasteiger partial charge in [-0.1, -0.05) is 24.3 Å². The molecule has 0 saturated carbocycles. The molecule has 0 aliphatic carbocycles. The second-order valence-corrected chi connectivity index (χ2v) is 8.10. The largest absolute Gasteiger partial charge is 0.382 e. The number of hydrogen-bond donors (Lipinski definition) is 1. The van der Waals surface area contributed by atoms with Crippen LogP contribution in [0.3, 0.4) is 0 Å². The molecule has 1 atom stereocenters. The maximum atomic E-state index is 13.4. The van der Waals surface area contributed by atoms with Crippen LogP contribution in [0.1, 0.15) is 52.5 Å². The van der Waals surface area contributed by atoms with Crippen LogP contribution < -0.4 is 10.2 Å². The van der Waals surface area contributed by atoms with Crippen molar-refractivity contribution in [3.05, 3.63) is 65.2 Å². The van der Waals surface area contributed by atoms with Crippen molar-refractivity contribution >= 4 is 23.4 Å². The molecule has 2 aliphatic heterocycles. The Balaban J connectivity index is 1.53. The minimum atomic E-state index is -0.424. The van der Waals surface area contributed by atoms with Crippen LogP contribution in [0.2, 0.25) is 0 Å². The maximum absolute atomic E-state index is 13.4. The lowest BCUT2D eigenvalue weighted by Crippen LogP contribution is -2.44. The molecular weight excluding hydrogens is 406 g/mol. The van der Waals surface area contributed by atoms with E-state index in [0.717, 1.165) is 18.4 Å². The van der Waals surface area contributed by atoms with E-state index in [1.807, 2.05) is 43.3 Å². The first-order valence-electron chi connectivity index (χ1n) is 11.3. The number of hydrogen-bond acceptors (Lipinski definition) is 4. The van der Waals surface area contributed by atoms with E-state index in [-0.39, 0.29) is 17.7 Å². The fourth-order valence-electron chi connectivity index (χ4n) is 4.39. The fraction of sp³-hybridized carbons (Fsp3) is 0.400. The van der Waals surface area contributed by atoms with Gasteiger partial charge in [0.2, 0.25) is 5.91 Å². The Morgan fingerprint density at radius 3 is 2.84 bits per heavy atom. The van der Waals surface area contributed by atoms with E-state index in [1.165, 1.54) is 0 Å². The first-order valence-corrected chi connectivity index (χ1v) is 11.3. The summed E-state index contributed by atoms with van der Waals surface area (Å²) < 4.78 is 5.29. The van der Waals surface area contributed by atoms with Crippen LogP contribution in [0.4, 0.5) is 5.69 Å². The highest BCUT2D eigenvalue weighted by atomic mass is 16.5. The van der Waals surface area contributed by atoms with Crippen LogP contribution >= 0.6 is 0 Å². The molecule has 1 N–H and O–H groups in total. The number of carbonyl (C=O) groups excluding carboxylic acids is 3. The maximum Gasteiger partial charge on any atom is 0.256 e. The van der Waals surface area contributed by atoms with Crippen LogP contribution in [0, 0.1) is 0 Å². The quantitative estimate of drug-likeness (QED) is 0.647. The monoisotopic (exact) mass is 435 g/mol. The van der Waals surface area contributed by atoms with E-state index >= 15 is 0 Å². The third-order valence-corrected chi connectivity index (χ3v) is 5.97. The number of amides is 3. The van der Waals surface area contributed by atoms with E-state index in [2.05, 4.69) is 5.32 Å². The van der Waals surface area contributed by atoms with E-state index in [9.17, 15) is 14.4 Å². The van der Waals surface area contributed by atoms with Crippen LogP contribution in [-0.4, -0.2) is 55.0 Å². The van der Waals surface area contributed by atoms with E-state index < -0.39 is 6.04 Å². The zero-order valence-electron chi connectivity index (χ0n) is 18.4. The Kier molecular flexibility index (Phi) is 6.85. The number of fused-ring (bicyclic) bond motifs is 2. The van der Waals surface area contributed by atoms with Crippen molar-refractivity contribution < 1.29 is 19.1 Å². The summed E-state index contributed by atoms with van der Waals surface area (Å²) in [4.78, 5) is 42.4. The van der Waals surface area contributed by atoms with Gasteiger partial charge in [-0.2, -0.15) is 0 Å². The number of carbonyl (C=O) groups is 3. The van der Waals surface area contributed by atoms with E-state index in [1.54, 1.807) is 21.9 Å². The van der Waals surface area contributed by atoms with Gasteiger partial charge in [0.1, 0.15) is 6.04 Å². The Bertz CT molecular complexity index is 1010. The molecule has 1 unspecified atom stereocenters. The highest BCUT2D eigenvalue weighted by Crippen LogP contribution is 2.33. The molecule has 0 spiro atoms. The minimum absolute atomic E-state index is 0.0634. The minimum Gasteiger partial charge on any atom is -0.382 e. The molecule has 0 aromatic heterocycles. The number of anilines is 1. The average molecular weight is 436 g/mol. The van der Waals surface area contributed by atoms with Crippen molar-refractivity contribution in [1.29, 1.82) is 0 Å². The van der Waals surface area contributed by atoms with Gasteiger partial charge in [-0.15, -0.1) is 0 Å². The second-order valence-electron chi connectivity index (χ2n) is 8.10. The van der Waals surface area contributed by atoms with E-state index in [4.69, 9.17) is 4.74 Å². The van der Waals surface area contributed by atoms with Gasteiger partial charge in [-0.25, -0.2) is 0 Å². The number of ether oxygens (including phenoxy) is 1. The molecule has 1 fully saturated rings. The molecule has 0 bridgehead atoms. The predicted octanol–water partition coefficient (Wildman–Crippen LogP) is 2.99. The van der Waals surface area contributed by atoms with Gasteiger partial charge in [-0.05, 0) is 56.0 Å². The Morgan fingerprint density at radius 1 is 1.16 bits per heavy atom. The van der Waals surface area contributed by atoms with Crippen molar-refractivity contribution in [1.82, 2.24) is 10.2 Å². The number of benzene rings is 2. The SMILES string of the molecule is CCOCCCNC(=O)c1cccc(CN2C(=O)C3CCCN3C(=O)c3ccccc32)c1. The molecule has 0 radical (unpaired) electrons. The van der Waals surface area contributed by atoms with Gasteiger partial charge in [0.05, 0.1) is 17.8 Å². The van der Waals surface area contributed by atoms with Crippen molar-refractivity contribution in [3.63, 3.8) is 0 Å². The number of para-hydroxylation sites is 1. The third-order valence-electron chi connectivity index (χ3n) is 5.97. The molecule has 32 heavy (non-hydrogen) atoms. The van der Waals surface area contributed by atoms with Gasteiger partial charge < -0.3 is 19.9 Å². The molecule has 1 saturated heterocycles. The molecule has 3 amide bonds.